The molecule has 23 heavy (non-hydrogen) atoms. The highest BCUT2D eigenvalue weighted by molar-refractivity contribution is 5.78. The molecule has 1 amide bonds. The van der Waals surface area contributed by atoms with Gasteiger partial charge in [0.25, 0.3) is 0 Å². The highest BCUT2D eigenvalue weighted by Gasteiger charge is 2.16. The average molecular weight is 333 g/mol. The lowest BCUT2D eigenvalue weighted by atomic mass is 10.3. The van der Waals surface area contributed by atoms with E-state index in [0.717, 1.165) is 4.90 Å². The molecular formula is C13H23N3O7. The second-order valence-corrected chi connectivity index (χ2v) is 5.18. The number of amides is 1. The van der Waals surface area contributed by atoms with E-state index >= 15 is 0 Å². The monoisotopic (exact) mass is 333 g/mol. The molecule has 0 rings (SSSR count). The van der Waals surface area contributed by atoms with E-state index in [1.54, 1.807) is 0 Å². The fourth-order valence-corrected chi connectivity index (χ4v) is 1.85. The van der Waals surface area contributed by atoms with Gasteiger partial charge in [-0.3, -0.25) is 24.2 Å². The number of carboxylic acids is 2. The summed E-state index contributed by atoms with van der Waals surface area (Å²) in [6.45, 7) is 1.39. The summed E-state index contributed by atoms with van der Waals surface area (Å²) in [6, 6.07) is 0. The lowest BCUT2D eigenvalue weighted by molar-refractivity contribution is -0.140. The van der Waals surface area contributed by atoms with Gasteiger partial charge in [0.2, 0.25) is 0 Å². The molecule has 0 aromatic rings. The smallest absolute Gasteiger partial charge is 0.407 e. The molecule has 0 radical (unpaired) electrons. The Balaban J connectivity index is 4.59. The summed E-state index contributed by atoms with van der Waals surface area (Å²) < 4.78 is 0. The van der Waals surface area contributed by atoms with E-state index in [0.29, 0.717) is 0 Å². The Bertz CT molecular complexity index is 425. The van der Waals surface area contributed by atoms with Crippen molar-refractivity contribution in [3.63, 3.8) is 0 Å². The minimum atomic E-state index is -1.12. The van der Waals surface area contributed by atoms with Crippen molar-refractivity contribution in [1.82, 2.24) is 14.7 Å². The number of carbonyl (C=O) groups excluding carboxylic acids is 1. The number of hydrogen-bond donors (Lipinski definition) is 3. The predicted octanol–water partition coefficient (Wildman–Crippen LogP) is -1.04. The van der Waals surface area contributed by atoms with Gasteiger partial charge in [-0.05, 0) is 6.92 Å². The molecule has 0 saturated heterocycles. The number of likely N-dealkylation sites (N-methyl/N-ethyl adjacent to an activating group) is 1. The van der Waals surface area contributed by atoms with Crippen molar-refractivity contribution in [2.24, 2.45) is 0 Å². The first kappa shape index (κ1) is 20.8. The molecule has 10 nitrogen and oxygen atoms in total. The number of ketones is 1. The molecule has 0 unspecified atom stereocenters. The van der Waals surface area contributed by atoms with Crippen molar-refractivity contribution in [3.05, 3.63) is 0 Å². The summed E-state index contributed by atoms with van der Waals surface area (Å²) in [5, 5.41) is 26.5. The van der Waals surface area contributed by atoms with Gasteiger partial charge in [-0.15, -0.1) is 0 Å². The summed E-state index contributed by atoms with van der Waals surface area (Å²) >= 11 is 0. The third-order valence-electron chi connectivity index (χ3n) is 2.97. The number of carbonyl (C=O) groups is 4. The van der Waals surface area contributed by atoms with Gasteiger partial charge in [-0.1, -0.05) is 0 Å². The van der Waals surface area contributed by atoms with Crippen LogP contribution in [0.2, 0.25) is 0 Å². The Morgan fingerprint density at radius 1 is 0.739 bits per heavy atom. The second kappa shape index (κ2) is 10.5. The van der Waals surface area contributed by atoms with Crippen LogP contribution in [0, 0.1) is 0 Å². The van der Waals surface area contributed by atoms with E-state index in [1.165, 1.54) is 23.8 Å². The van der Waals surface area contributed by atoms with Gasteiger partial charge in [-0.25, -0.2) is 4.79 Å². The highest BCUT2D eigenvalue weighted by atomic mass is 16.4. The Labute approximate surface area is 133 Å². The van der Waals surface area contributed by atoms with E-state index in [2.05, 4.69) is 0 Å². The summed E-state index contributed by atoms with van der Waals surface area (Å²) in [4.78, 5) is 47.4. The minimum absolute atomic E-state index is 0.0394. The molecule has 0 heterocycles. The first-order valence-corrected chi connectivity index (χ1v) is 6.93. The molecular weight excluding hydrogens is 310 g/mol. The number of hydrogen-bond acceptors (Lipinski definition) is 6. The van der Waals surface area contributed by atoms with Crippen LogP contribution in [0.15, 0.2) is 0 Å². The van der Waals surface area contributed by atoms with Crippen molar-refractivity contribution >= 4 is 23.8 Å². The minimum Gasteiger partial charge on any atom is -0.480 e. The number of carboxylic acid groups (broad SMARTS) is 3. The second-order valence-electron chi connectivity index (χ2n) is 5.18. The molecule has 0 bridgehead atoms. The summed E-state index contributed by atoms with van der Waals surface area (Å²) in [7, 11) is 1.37. The van der Waals surface area contributed by atoms with Gasteiger partial charge in [0.1, 0.15) is 5.78 Å². The maximum atomic E-state index is 11.1. The van der Waals surface area contributed by atoms with Crippen molar-refractivity contribution in [2.45, 2.75) is 6.92 Å². The van der Waals surface area contributed by atoms with Crippen molar-refractivity contribution in [1.29, 1.82) is 0 Å². The van der Waals surface area contributed by atoms with Gasteiger partial charge >= 0.3 is 18.0 Å². The Morgan fingerprint density at radius 3 is 1.61 bits per heavy atom. The number of Topliss-reactive ketones (excluding diaryl/α,β-unsaturated/α-hetero) is 1. The van der Waals surface area contributed by atoms with Crippen LogP contribution >= 0.6 is 0 Å². The molecule has 0 spiro atoms. The van der Waals surface area contributed by atoms with Crippen LogP contribution in [0.5, 0.6) is 0 Å². The van der Waals surface area contributed by atoms with Crippen LogP contribution in [0.4, 0.5) is 4.79 Å². The van der Waals surface area contributed by atoms with Crippen LogP contribution in [0.1, 0.15) is 6.92 Å². The van der Waals surface area contributed by atoms with Crippen LogP contribution in [-0.2, 0) is 14.4 Å². The maximum absolute atomic E-state index is 11.1. The van der Waals surface area contributed by atoms with Gasteiger partial charge in [0.05, 0.1) is 19.6 Å². The molecule has 0 aliphatic rings. The molecule has 0 aliphatic heterocycles. The first-order chi connectivity index (χ1) is 10.6. The zero-order valence-electron chi connectivity index (χ0n) is 13.3. The summed E-state index contributed by atoms with van der Waals surface area (Å²) in [5.41, 5.74) is 0. The fourth-order valence-electron chi connectivity index (χ4n) is 1.85. The molecule has 3 N–H and O–H groups in total. The van der Waals surface area contributed by atoms with Gasteiger partial charge in [-0.2, -0.15) is 0 Å². The third-order valence-corrected chi connectivity index (χ3v) is 2.97. The SMILES string of the molecule is CC(=O)CN(CCN(CCN(C)C(=O)O)CC(=O)O)CC(=O)O. The van der Waals surface area contributed by atoms with E-state index in [9.17, 15) is 19.2 Å². The molecule has 10 heteroatoms. The average Bonchev–Trinajstić information content (AvgIpc) is 2.39. The normalized spacial score (nSPS) is 10.8. The van der Waals surface area contributed by atoms with E-state index in [4.69, 9.17) is 15.3 Å². The maximum Gasteiger partial charge on any atom is 0.407 e. The third kappa shape index (κ3) is 11.1. The fraction of sp³-hybridized carbons (Fsp3) is 0.692. The largest absolute Gasteiger partial charge is 0.480 e. The first-order valence-electron chi connectivity index (χ1n) is 6.93. The molecule has 0 fully saturated rings. The molecule has 0 atom stereocenters. The van der Waals surface area contributed by atoms with Crippen LogP contribution in [0.25, 0.3) is 0 Å². The van der Waals surface area contributed by atoms with Crippen LogP contribution in [0.3, 0.4) is 0 Å². The van der Waals surface area contributed by atoms with Crippen LogP contribution in [-0.4, -0.2) is 107 Å². The Kier molecular flexibility index (Phi) is 9.51. The van der Waals surface area contributed by atoms with Crippen LogP contribution < -0.4 is 0 Å². The molecule has 0 aliphatic carbocycles. The summed E-state index contributed by atoms with van der Waals surface area (Å²) in [5.74, 6) is -2.34. The lowest BCUT2D eigenvalue weighted by Gasteiger charge is -2.26. The molecule has 0 aromatic carbocycles. The molecule has 132 valence electrons. The van der Waals surface area contributed by atoms with Crippen molar-refractivity contribution in [2.75, 3.05) is 52.9 Å². The van der Waals surface area contributed by atoms with Gasteiger partial charge in [0.15, 0.2) is 0 Å². The van der Waals surface area contributed by atoms with Crippen molar-refractivity contribution in [3.8, 4) is 0 Å². The molecule has 0 aromatic heterocycles. The zero-order chi connectivity index (χ0) is 18.0. The standard InChI is InChI=1S/C13H23N3O7/c1-10(17)7-16(9-12(20)21)6-5-15(8-11(18)19)4-3-14(2)13(22)23/h3-9H2,1-2H3,(H,18,19)(H,20,21)(H,22,23). The zero-order valence-corrected chi connectivity index (χ0v) is 13.3. The Morgan fingerprint density at radius 2 is 1.17 bits per heavy atom. The van der Waals surface area contributed by atoms with E-state index in [1.807, 2.05) is 0 Å². The predicted molar refractivity (Wildman–Crippen MR) is 79.5 cm³/mol. The highest BCUT2D eigenvalue weighted by Crippen LogP contribution is 1.96. The van der Waals surface area contributed by atoms with Gasteiger partial charge in [0, 0.05) is 33.2 Å². The quantitative estimate of drug-likeness (QED) is 0.408. The topological polar surface area (TPSA) is 139 Å². The van der Waals surface area contributed by atoms with Crippen molar-refractivity contribution < 1.29 is 34.5 Å². The summed E-state index contributed by atoms with van der Waals surface area (Å²) in [6.07, 6.45) is -1.12. The molecule has 0 saturated carbocycles. The van der Waals surface area contributed by atoms with Gasteiger partial charge < -0.3 is 20.2 Å². The van der Waals surface area contributed by atoms with E-state index < -0.39 is 18.0 Å². The number of aliphatic carboxylic acids is 2. The van der Waals surface area contributed by atoms with E-state index in [-0.39, 0.29) is 51.6 Å². The number of nitrogens with zero attached hydrogens (tertiary/aromatic N) is 3. The lowest BCUT2D eigenvalue weighted by Crippen LogP contribution is -2.44. The number of rotatable bonds is 12. The Hall–Kier alpha value is -2.20.